The smallest absolute Gasteiger partial charge is 0.410 e. The van der Waals surface area contributed by atoms with Gasteiger partial charge in [-0.05, 0) is 44.9 Å². The molecule has 0 saturated carbocycles. The Morgan fingerprint density at radius 1 is 1.32 bits per heavy atom. The second-order valence-corrected chi connectivity index (χ2v) is 6.65. The first kappa shape index (κ1) is 17.5. The summed E-state index contributed by atoms with van der Waals surface area (Å²) in [4.78, 5) is 13.7. The van der Waals surface area contributed by atoms with E-state index in [9.17, 15) is 4.79 Å². The van der Waals surface area contributed by atoms with Crippen molar-refractivity contribution in [3.63, 3.8) is 0 Å². The van der Waals surface area contributed by atoms with Crippen molar-refractivity contribution in [1.82, 2.24) is 19.9 Å². The maximum atomic E-state index is 12.0. The summed E-state index contributed by atoms with van der Waals surface area (Å²) in [5.41, 5.74) is 3.66. The van der Waals surface area contributed by atoms with Crippen LogP contribution in [0.4, 0.5) is 4.79 Å². The van der Waals surface area contributed by atoms with Crippen molar-refractivity contribution in [2.24, 2.45) is 0 Å². The van der Waals surface area contributed by atoms with Crippen LogP contribution in [0, 0.1) is 6.92 Å². The van der Waals surface area contributed by atoms with Crippen LogP contribution in [-0.2, 0) is 4.74 Å². The van der Waals surface area contributed by atoms with Crippen molar-refractivity contribution < 1.29 is 9.53 Å². The van der Waals surface area contributed by atoms with Gasteiger partial charge >= 0.3 is 6.09 Å². The van der Waals surface area contributed by atoms with Crippen LogP contribution in [0.5, 0.6) is 0 Å². The highest BCUT2D eigenvalue weighted by Crippen LogP contribution is 2.27. The number of hydrogen-bond acceptors (Lipinski definition) is 4. The molecule has 2 aromatic rings. The summed E-state index contributed by atoms with van der Waals surface area (Å²) in [5.74, 6) is 0. The minimum absolute atomic E-state index is 0.115. The highest BCUT2D eigenvalue weighted by atomic mass is 35.5. The van der Waals surface area contributed by atoms with E-state index < -0.39 is 0 Å². The van der Waals surface area contributed by atoms with Crippen LogP contribution in [0.3, 0.4) is 0 Å². The van der Waals surface area contributed by atoms with E-state index in [1.165, 1.54) is 0 Å². The Kier molecular flexibility index (Phi) is 5.08. The van der Waals surface area contributed by atoms with Crippen LogP contribution in [-0.4, -0.2) is 45.2 Å². The second-order valence-electron chi connectivity index (χ2n) is 6.24. The Morgan fingerprint density at radius 2 is 2.08 bits per heavy atom. The van der Waals surface area contributed by atoms with E-state index in [2.05, 4.69) is 10.3 Å². The molecule has 132 valence electrons. The van der Waals surface area contributed by atoms with Gasteiger partial charge in [0.15, 0.2) is 0 Å². The molecule has 0 N–H and O–H groups in total. The molecular formula is C18H21ClN4O2. The Hall–Kier alpha value is -2.34. The molecule has 0 radical (unpaired) electrons. The quantitative estimate of drug-likeness (QED) is 0.833. The second kappa shape index (κ2) is 7.27. The number of aromatic nitrogens is 3. The molecule has 0 saturated heterocycles. The first-order valence-electron chi connectivity index (χ1n) is 8.29. The highest BCUT2D eigenvalue weighted by Gasteiger charge is 2.23. The zero-order valence-electron chi connectivity index (χ0n) is 14.6. The summed E-state index contributed by atoms with van der Waals surface area (Å²) in [6, 6.07) is 7.54. The lowest BCUT2D eigenvalue weighted by atomic mass is 10.0. The molecule has 0 spiro atoms. The van der Waals surface area contributed by atoms with Crippen molar-refractivity contribution in [3.8, 4) is 5.69 Å². The summed E-state index contributed by atoms with van der Waals surface area (Å²) in [6.07, 6.45) is 2.34. The van der Waals surface area contributed by atoms with Gasteiger partial charge in [-0.25, -0.2) is 9.48 Å². The van der Waals surface area contributed by atoms with Gasteiger partial charge < -0.3 is 9.64 Å². The average molecular weight is 361 g/mol. The molecule has 1 aromatic carbocycles. The van der Waals surface area contributed by atoms with Crippen molar-refractivity contribution in [2.75, 3.05) is 13.1 Å². The minimum atomic E-state index is -0.276. The predicted molar refractivity (Wildman–Crippen MR) is 96.9 cm³/mol. The Bertz CT molecular complexity index is 813. The third kappa shape index (κ3) is 3.69. The summed E-state index contributed by atoms with van der Waals surface area (Å²) in [5, 5.41) is 9.21. The molecule has 1 aliphatic rings. The molecule has 1 aromatic heterocycles. The van der Waals surface area contributed by atoms with Gasteiger partial charge in [0.05, 0.1) is 22.5 Å². The monoisotopic (exact) mass is 360 g/mol. The van der Waals surface area contributed by atoms with E-state index in [1.807, 2.05) is 51.1 Å². The van der Waals surface area contributed by atoms with Crippen molar-refractivity contribution >= 4 is 23.3 Å². The zero-order valence-corrected chi connectivity index (χ0v) is 15.3. The molecule has 25 heavy (non-hydrogen) atoms. The van der Waals surface area contributed by atoms with Gasteiger partial charge in [0.25, 0.3) is 0 Å². The molecular weight excluding hydrogens is 340 g/mol. The van der Waals surface area contributed by atoms with E-state index in [1.54, 1.807) is 9.58 Å². The topological polar surface area (TPSA) is 60.3 Å². The van der Waals surface area contributed by atoms with Crippen LogP contribution in [0.25, 0.3) is 11.3 Å². The van der Waals surface area contributed by atoms with Gasteiger partial charge in [-0.15, -0.1) is 5.10 Å². The number of nitrogens with zero attached hydrogens (tertiary/aromatic N) is 4. The van der Waals surface area contributed by atoms with Gasteiger partial charge in [-0.3, -0.25) is 0 Å². The summed E-state index contributed by atoms with van der Waals surface area (Å²) in [7, 11) is 0. The van der Waals surface area contributed by atoms with Gasteiger partial charge in [0.1, 0.15) is 5.69 Å². The van der Waals surface area contributed by atoms with Gasteiger partial charge in [-0.2, -0.15) is 0 Å². The van der Waals surface area contributed by atoms with Crippen LogP contribution < -0.4 is 0 Å². The minimum Gasteiger partial charge on any atom is -0.447 e. The number of ether oxygens (including phenoxy) is 1. The molecule has 0 aliphatic carbocycles. The van der Waals surface area contributed by atoms with E-state index in [0.717, 1.165) is 29.1 Å². The van der Waals surface area contributed by atoms with E-state index in [-0.39, 0.29) is 12.2 Å². The Labute approximate surface area is 152 Å². The molecule has 1 amide bonds. The van der Waals surface area contributed by atoms with E-state index in [4.69, 9.17) is 16.3 Å². The SMILES string of the molecule is Cc1c(C2=CCN(C(=O)OC(C)C)CC2)nnn1-c1ccccc1Cl. The number of benzene rings is 1. The highest BCUT2D eigenvalue weighted by molar-refractivity contribution is 6.32. The number of hydrogen-bond donors (Lipinski definition) is 0. The molecule has 6 nitrogen and oxygen atoms in total. The van der Waals surface area contributed by atoms with Crippen LogP contribution in [0.15, 0.2) is 30.3 Å². The fraction of sp³-hybridized carbons (Fsp3) is 0.389. The molecule has 2 heterocycles. The number of para-hydroxylation sites is 1. The van der Waals surface area contributed by atoms with Crippen LogP contribution in [0.2, 0.25) is 5.02 Å². The molecule has 0 bridgehead atoms. The first-order chi connectivity index (χ1) is 12.0. The molecule has 0 fully saturated rings. The number of amides is 1. The Morgan fingerprint density at radius 3 is 2.72 bits per heavy atom. The van der Waals surface area contributed by atoms with Gasteiger partial charge in [0, 0.05) is 13.1 Å². The van der Waals surface area contributed by atoms with Crippen LogP contribution in [0.1, 0.15) is 31.7 Å². The summed E-state index contributed by atoms with van der Waals surface area (Å²) < 4.78 is 6.99. The molecule has 7 heteroatoms. The normalized spacial score (nSPS) is 14.6. The Balaban J connectivity index is 1.79. The fourth-order valence-corrected chi connectivity index (χ4v) is 3.02. The predicted octanol–water partition coefficient (Wildman–Crippen LogP) is 3.86. The van der Waals surface area contributed by atoms with Crippen LogP contribution >= 0.6 is 11.6 Å². The summed E-state index contributed by atoms with van der Waals surface area (Å²) >= 11 is 6.26. The fourth-order valence-electron chi connectivity index (χ4n) is 2.80. The van der Waals surface area contributed by atoms with E-state index >= 15 is 0 Å². The van der Waals surface area contributed by atoms with E-state index in [0.29, 0.717) is 18.1 Å². The molecule has 1 aliphatic heterocycles. The van der Waals surface area contributed by atoms with Gasteiger partial charge in [-0.1, -0.05) is 35.0 Å². The maximum absolute atomic E-state index is 12.0. The third-order valence-electron chi connectivity index (χ3n) is 4.08. The molecule has 3 rings (SSSR count). The standard InChI is InChI=1S/C18H21ClN4O2/c1-12(2)25-18(24)22-10-8-14(9-11-22)17-13(3)23(21-20-17)16-7-5-4-6-15(16)19/h4-8,12H,9-11H2,1-3H3. The van der Waals surface area contributed by atoms with Crippen molar-refractivity contribution in [3.05, 3.63) is 46.8 Å². The number of rotatable bonds is 3. The lowest BCUT2D eigenvalue weighted by molar-refractivity contribution is 0.0799. The maximum Gasteiger partial charge on any atom is 0.410 e. The third-order valence-corrected chi connectivity index (χ3v) is 4.40. The first-order valence-corrected chi connectivity index (χ1v) is 8.67. The largest absolute Gasteiger partial charge is 0.447 e. The summed E-state index contributed by atoms with van der Waals surface area (Å²) in [6.45, 7) is 6.78. The zero-order chi connectivity index (χ0) is 18.0. The molecule has 0 atom stereocenters. The average Bonchev–Trinajstić information content (AvgIpc) is 2.96. The number of carbonyl (C=O) groups excluding carboxylic acids is 1. The lowest BCUT2D eigenvalue weighted by Gasteiger charge is -2.26. The lowest BCUT2D eigenvalue weighted by Crippen LogP contribution is -2.36. The van der Waals surface area contributed by atoms with Crippen molar-refractivity contribution in [2.45, 2.75) is 33.3 Å². The van der Waals surface area contributed by atoms with Gasteiger partial charge in [0.2, 0.25) is 0 Å². The van der Waals surface area contributed by atoms with Crippen molar-refractivity contribution in [1.29, 1.82) is 0 Å². The number of halogens is 1. The number of carbonyl (C=O) groups is 1. The molecule has 0 unspecified atom stereocenters.